The van der Waals surface area contributed by atoms with Crippen LogP contribution in [0, 0.1) is 6.92 Å². The Kier molecular flexibility index (Phi) is 5.81. The second kappa shape index (κ2) is 9.04. The Morgan fingerprint density at radius 2 is 1.69 bits per heavy atom. The number of hydrogen-bond acceptors (Lipinski definition) is 4. The number of carbonyl (C=O) groups is 1. The third-order valence-corrected chi connectivity index (χ3v) is 6.49. The summed E-state index contributed by atoms with van der Waals surface area (Å²) < 4.78 is 3.99. The van der Waals surface area contributed by atoms with Crippen LogP contribution in [0.5, 0.6) is 0 Å². The topological polar surface area (TPSA) is 64.7 Å². The predicted octanol–water partition coefficient (Wildman–Crippen LogP) is 4.98. The zero-order valence-electron chi connectivity index (χ0n) is 18.0. The molecule has 0 atom stereocenters. The van der Waals surface area contributed by atoms with E-state index in [9.17, 15) is 4.79 Å². The molecule has 0 unspecified atom stereocenters. The summed E-state index contributed by atoms with van der Waals surface area (Å²) in [6.45, 7) is 1.92. The fourth-order valence-electron chi connectivity index (χ4n) is 4.12. The molecule has 162 valence electrons. The molecule has 1 aliphatic carbocycles. The van der Waals surface area contributed by atoms with Gasteiger partial charge in [-0.3, -0.25) is 9.36 Å². The van der Waals surface area contributed by atoms with E-state index in [1.54, 1.807) is 4.68 Å². The Bertz CT molecular complexity index is 1230. The molecule has 2 aromatic carbocycles. The number of carbonyl (C=O) groups excluding carboxylic acids is 1. The average molecular weight is 444 g/mol. The second-order valence-corrected chi connectivity index (χ2v) is 8.86. The van der Waals surface area contributed by atoms with Crippen molar-refractivity contribution in [1.82, 2.24) is 19.3 Å². The van der Waals surface area contributed by atoms with Gasteiger partial charge < -0.3 is 5.32 Å². The van der Waals surface area contributed by atoms with Gasteiger partial charge in [0.05, 0.1) is 22.8 Å². The molecule has 0 bridgehead atoms. The van der Waals surface area contributed by atoms with Crippen molar-refractivity contribution in [3.8, 4) is 11.4 Å². The first-order chi connectivity index (χ1) is 15.7. The number of benzene rings is 2. The highest BCUT2D eigenvalue weighted by molar-refractivity contribution is 7.99. The smallest absolute Gasteiger partial charge is 0.236 e. The summed E-state index contributed by atoms with van der Waals surface area (Å²) in [5, 5.41) is 8.43. The van der Waals surface area contributed by atoms with Crippen molar-refractivity contribution in [3.05, 3.63) is 83.8 Å². The number of nitrogens with one attached hydrogen (secondary N) is 1. The van der Waals surface area contributed by atoms with E-state index < -0.39 is 0 Å². The van der Waals surface area contributed by atoms with Crippen LogP contribution in [0.2, 0.25) is 0 Å². The number of para-hydroxylation sites is 2. The Morgan fingerprint density at radius 3 is 2.44 bits per heavy atom. The Balaban J connectivity index is 1.35. The highest BCUT2D eigenvalue weighted by atomic mass is 32.2. The van der Waals surface area contributed by atoms with Gasteiger partial charge in [0.1, 0.15) is 5.82 Å². The van der Waals surface area contributed by atoms with Crippen LogP contribution in [-0.4, -0.2) is 31.0 Å². The number of aromatic nitrogens is 4. The number of imidazole rings is 1. The molecule has 0 spiro atoms. The van der Waals surface area contributed by atoms with Crippen molar-refractivity contribution in [2.24, 2.45) is 0 Å². The molecule has 0 radical (unpaired) electrons. The van der Waals surface area contributed by atoms with Crippen molar-refractivity contribution in [3.63, 3.8) is 0 Å². The number of nitrogens with zero attached hydrogens (tertiary/aromatic N) is 4. The van der Waals surface area contributed by atoms with Crippen molar-refractivity contribution < 1.29 is 4.79 Å². The van der Waals surface area contributed by atoms with Crippen LogP contribution in [0.15, 0.2) is 71.9 Å². The largest absolute Gasteiger partial charge is 0.310 e. The molecule has 32 heavy (non-hydrogen) atoms. The number of thioether (sulfide) groups is 1. The summed E-state index contributed by atoms with van der Waals surface area (Å²) in [7, 11) is 0. The van der Waals surface area contributed by atoms with Gasteiger partial charge >= 0.3 is 0 Å². The highest BCUT2D eigenvalue weighted by Crippen LogP contribution is 2.30. The lowest BCUT2D eigenvalue weighted by Crippen LogP contribution is -2.17. The average Bonchev–Trinajstić information content (AvgIpc) is 3.38. The molecule has 1 amide bonds. The maximum absolute atomic E-state index is 12.9. The number of amides is 1. The van der Waals surface area contributed by atoms with Crippen LogP contribution < -0.4 is 5.32 Å². The summed E-state index contributed by atoms with van der Waals surface area (Å²) in [5.41, 5.74) is 5.31. The normalized spacial score (nSPS) is 13.0. The van der Waals surface area contributed by atoms with Crippen molar-refractivity contribution in [2.75, 3.05) is 11.1 Å². The standard InChI is InChI=1S/C25H25N5OS/c1-18-16-23(30(28-18)20-12-6-3-7-13-20)27-24(31)17-32-25-26-21-14-8-9-15-22(21)29(25)19-10-4-2-5-11-19/h2-7,10-13,16H,8-9,14-15,17H2,1H3,(H,27,31). The van der Waals surface area contributed by atoms with E-state index >= 15 is 0 Å². The molecule has 2 aromatic heterocycles. The molecule has 0 aliphatic heterocycles. The molecule has 4 aromatic rings. The molecule has 5 rings (SSSR count). The zero-order valence-corrected chi connectivity index (χ0v) is 18.8. The summed E-state index contributed by atoms with van der Waals surface area (Å²) in [6.07, 6.45) is 4.38. The number of fused-ring (bicyclic) bond motifs is 1. The fraction of sp³-hybridized carbons (Fsp3) is 0.240. The van der Waals surface area contributed by atoms with E-state index in [0.717, 1.165) is 35.1 Å². The number of hydrogen-bond donors (Lipinski definition) is 1. The summed E-state index contributed by atoms with van der Waals surface area (Å²) in [4.78, 5) is 17.8. The van der Waals surface area contributed by atoms with Crippen molar-refractivity contribution >= 4 is 23.5 Å². The molecular weight excluding hydrogens is 418 g/mol. The van der Waals surface area contributed by atoms with Gasteiger partial charge in [-0.15, -0.1) is 0 Å². The van der Waals surface area contributed by atoms with Crippen LogP contribution in [0.1, 0.15) is 29.9 Å². The SMILES string of the molecule is Cc1cc(NC(=O)CSc2nc3c(n2-c2ccccc2)CCCC3)n(-c2ccccc2)n1. The molecule has 1 aliphatic rings. The highest BCUT2D eigenvalue weighted by Gasteiger charge is 2.22. The first-order valence-electron chi connectivity index (χ1n) is 10.9. The Hall–Kier alpha value is -3.32. The van der Waals surface area contributed by atoms with Gasteiger partial charge in [-0.1, -0.05) is 48.2 Å². The van der Waals surface area contributed by atoms with Gasteiger partial charge in [-0.25, -0.2) is 9.67 Å². The van der Waals surface area contributed by atoms with Crippen molar-refractivity contribution in [2.45, 2.75) is 37.8 Å². The molecule has 7 heteroatoms. The summed E-state index contributed by atoms with van der Waals surface area (Å²) >= 11 is 1.48. The lowest BCUT2D eigenvalue weighted by atomic mass is 10.0. The maximum atomic E-state index is 12.9. The van der Waals surface area contributed by atoms with Crippen LogP contribution in [0.4, 0.5) is 5.82 Å². The monoisotopic (exact) mass is 443 g/mol. The minimum Gasteiger partial charge on any atom is -0.310 e. The first-order valence-corrected chi connectivity index (χ1v) is 11.9. The van der Waals surface area contributed by atoms with Gasteiger partial charge in [0.15, 0.2) is 5.16 Å². The van der Waals surface area contributed by atoms with Gasteiger partial charge in [-0.05, 0) is 56.9 Å². The molecule has 0 saturated heterocycles. The minimum atomic E-state index is -0.0762. The molecule has 0 saturated carbocycles. The van der Waals surface area contributed by atoms with Gasteiger partial charge in [0.25, 0.3) is 0 Å². The molecule has 2 heterocycles. The third-order valence-electron chi connectivity index (χ3n) is 5.55. The lowest BCUT2D eigenvalue weighted by molar-refractivity contribution is -0.113. The van der Waals surface area contributed by atoms with Gasteiger partial charge in [0.2, 0.25) is 5.91 Å². The summed E-state index contributed by atoms with van der Waals surface area (Å²) in [5.74, 6) is 0.875. The summed E-state index contributed by atoms with van der Waals surface area (Å²) in [6, 6.07) is 22.0. The van der Waals surface area contributed by atoms with E-state index in [0.29, 0.717) is 5.82 Å². The van der Waals surface area contributed by atoms with E-state index in [1.165, 1.54) is 36.0 Å². The molecule has 1 N–H and O–H groups in total. The number of aryl methyl sites for hydroxylation is 2. The minimum absolute atomic E-state index is 0.0762. The molecular formula is C25H25N5OS. The van der Waals surface area contributed by atoms with E-state index in [2.05, 4.69) is 27.1 Å². The predicted molar refractivity (Wildman–Crippen MR) is 128 cm³/mol. The van der Waals surface area contributed by atoms with E-state index in [4.69, 9.17) is 4.98 Å². The number of anilines is 1. The van der Waals surface area contributed by atoms with Crippen LogP contribution in [-0.2, 0) is 17.6 Å². The Labute approximate surface area is 191 Å². The lowest BCUT2D eigenvalue weighted by Gasteiger charge is -2.15. The van der Waals surface area contributed by atoms with Gasteiger partial charge in [0, 0.05) is 17.4 Å². The molecule has 6 nitrogen and oxygen atoms in total. The van der Waals surface area contributed by atoms with Crippen LogP contribution in [0.25, 0.3) is 11.4 Å². The van der Waals surface area contributed by atoms with Crippen LogP contribution >= 0.6 is 11.8 Å². The van der Waals surface area contributed by atoms with E-state index in [-0.39, 0.29) is 11.7 Å². The quantitative estimate of drug-likeness (QED) is 0.427. The fourth-order valence-corrected chi connectivity index (χ4v) is 4.97. The van der Waals surface area contributed by atoms with Gasteiger partial charge in [-0.2, -0.15) is 5.10 Å². The molecule has 0 fully saturated rings. The zero-order chi connectivity index (χ0) is 21.9. The van der Waals surface area contributed by atoms with Crippen molar-refractivity contribution in [1.29, 1.82) is 0 Å². The van der Waals surface area contributed by atoms with E-state index in [1.807, 2.05) is 61.5 Å². The van der Waals surface area contributed by atoms with Crippen LogP contribution in [0.3, 0.4) is 0 Å². The number of rotatable bonds is 6. The first kappa shape index (κ1) is 20.6. The maximum Gasteiger partial charge on any atom is 0.236 e. The second-order valence-electron chi connectivity index (χ2n) is 7.92. The third kappa shape index (κ3) is 4.21. The Morgan fingerprint density at radius 1 is 1.00 bits per heavy atom.